The van der Waals surface area contributed by atoms with Crippen LogP contribution in [0.4, 0.5) is 0 Å². The molecule has 2 N–H and O–H groups in total. The zero-order valence-electron chi connectivity index (χ0n) is 16.8. The second kappa shape index (κ2) is 9.14. The molecule has 0 radical (unpaired) electrons. The Morgan fingerprint density at radius 1 is 1.03 bits per heavy atom. The number of carbonyl (C=O) groups excluding carboxylic acids is 2. The lowest BCUT2D eigenvalue weighted by atomic mass is 10.2. The van der Waals surface area contributed by atoms with Crippen molar-refractivity contribution in [1.82, 2.24) is 15.4 Å². The van der Waals surface area contributed by atoms with Crippen molar-refractivity contribution < 1.29 is 19.1 Å². The van der Waals surface area contributed by atoms with E-state index in [9.17, 15) is 9.59 Å². The third-order valence-electron chi connectivity index (χ3n) is 4.36. The fourth-order valence-corrected chi connectivity index (χ4v) is 2.98. The number of hydrogen-bond donors (Lipinski definition) is 2. The zero-order valence-corrected chi connectivity index (χ0v) is 16.8. The minimum atomic E-state index is -0.431. The Balaban J connectivity index is 1.54. The number of carbonyl (C=O) groups is 2. The number of amides is 2. The quantitative estimate of drug-likeness (QED) is 0.602. The lowest BCUT2D eigenvalue weighted by Gasteiger charge is -2.14. The van der Waals surface area contributed by atoms with Gasteiger partial charge in [-0.05, 0) is 49.6 Å². The summed E-state index contributed by atoms with van der Waals surface area (Å²) in [4.78, 5) is 24.5. The molecule has 2 amide bonds. The van der Waals surface area contributed by atoms with E-state index in [-0.39, 0.29) is 18.4 Å². The molecule has 0 saturated carbocycles. The molecule has 0 aliphatic carbocycles. The number of hydrogen-bond acceptors (Lipinski definition) is 4. The van der Waals surface area contributed by atoms with Crippen molar-refractivity contribution in [1.29, 1.82) is 0 Å². The molecule has 0 saturated heterocycles. The third-order valence-corrected chi connectivity index (χ3v) is 4.36. The maximum Gasteiger partial charge on any atom is 0.269 e. The van der Waals surface area contributed by atoms with Crippen LogP contribution in [0.5, 0.6) is 11.5 Å². The van der Waals surface area contributed by atoms with Crippen molar-refractivity contribution >= 4 is 22.7 Å². The van der Waals surface area contributed by atoms with Gasteiger partial charge in [0.05, 0.1) is 13.2 Å². The molecule has 0 spiro atoms. The lowest BCUT2D eigenvalue weighted by Crippen LogP contribution is -2.41. The first-order valence-corrected chi connectivity index (χ1v) is 9.45. The molecule has 7 heteroatoms. The van der Waals surface area contributed by atoms with Gasteiger partial charge in [-0.2, -0.15) is 0 Å². The second-order valence-corrected chi connectivity index (χ2v) is 6.85. The van der Waals surface area contributed by atoms with E-state index in [0.717, 1.165) is 10.9 Å². The Morgan fingerprint density at radius 3 is 2.59 bits per heavy atom. The van der Waals surface area contributed by atoms with Crippen molar-refractivity contribution in [3.05, 3.63) is 60.3 Å². The van der Waals surface area contributed by atoms with Crippen LogP contribution in [0.3, 0.4) is 0 Å². The highest BCUT2D eigenvalue weighted by atomic mass is 16.5. The fourth-order valence-electron chi connectivity index (χ4n) is 2.98. The maximum absolute atomic E-state index is 12.3. The first kappa shape index (κ1) is 20.3. The highest BCUT2D eigenvalue weighted by Gasteiger charge is 2.13. The Labute approximate surface area is 169 Å². The van der Waals surface area contributed by atoms with Gasteiger partial charge in [0.2, 0.25) is 5.91 Å². The average Bonchev–Trinajstić information content (AvgIpc) is 3.13. The Morgan fingerprint density at radius 2 is 1.83 bits per heavy atom. The highest BCUT2D eigenvalue weighted by Crippen LogP contribution is 2.28. The second-order valence-electron chi connectivity index (χ2n) is 6.85. The minimum absolute atomic E-state index is 0.0136. The van der Waals surface area contributed by atoms with E-state index in [1.54, 1.807) is 18.2 Å². The Kier molecular flexibility index (Phi) is 6.39. The summed E-state index contributed by atoms with van der Waals surface area (Å²) in [7, 11) is 1.51. The van der Waals surface area contributed by atoms with Crippen LogP contribution in [0.25, 0.3) is 10.9 Å². The molecule has 3 rings (SSSR count). The summed E-state index contributed by atoms with van der Waals surface area (Å²) < 4.78 is 12.9. The SMILES string of the molecule is COc1cc(C(=O)NNC(=O)CCn2ccc3ccccc32)ccc1OC(C)C. The molecule has 152 valence electrons. The summed E-state index contributed by atoms with van der Waals surface area (Å²) in [5, 5.41) is 1.13. The van der Waals surface area contributed by atoms with E-state index >= 15 is 0 Å². The standard InChI is InChI=1S/C22H25N3O4/c1-15(2)29-19-9-8-17(14-20(19)28-3)22(27)24-23-21(26)11-13-25-12-10-16-6-4-5-7-18(16)25/h4-10,12,14-15H,11,13H2,1-3H3,(H,23,26)(H,24,27). The largest absolute Gasteiger partial charge is 0.493 e. The van der Waals surface area contributed by atoms with Gasteiger partial charge in [-0.15, -0.1) is 0 Å². The maximum atomic E-state index is 12.3. The third kappa shape index (κ3) is 5.07. The van der Waals surface area contributed by atoms with Crippen molar-refractivity contribution in [2.24, 2.45) is 0 Å². The Hall–Kier alpha value is -3.48. The molecule has 2 aromatic carbocycles. The molecule has 1 aromatic heterocycles. The smallest absolute Gasteiger partial charge is 0.269 e. The number of hydrazine groups is 1. The predicted molar refractivity (Wildman–Crippen MR) is 111 cm³/mol. The normalized spacial score (nSPS) is 10.8. The van der Waals surface area contributed by atoms with Crippen LogP contribution in [0.15, 0.2) is 54.7 Å². The van der Waals surface area contributed by atoms with Gasteiger partial charge in [-0.3, -0.25) is 20.4 Å². The van der Waals surface area contributed by atoms with E-state index < -0.39 is 5.91 Å². The topological polar surface area (TPSA) is 81.6 Å². The summed E-state index contributed by atoms with van der Waals surface area (Å²) in [5.74, 6) is 0.307. The Bertz CT molecular complexity index is 1010. The molecule has 0 bridgehead atoms. The molecule has 0 atom stereocenters. The van der Waals surface area contributed by atoms with Crippen molar-refractivity contribution in [3.8, 4) is 11.5 Å². The van der Waals surface area contributed by atoms with Gasteiger partial charge in [-0.1, -0.05) is 18.2 Å². The number of fused-ring (bicyclic) bond motifs is 1. The van der Waals surface area contributed by atoms with Gasteiger partial charge in [-0.25, -0.2) is 0 Å². The number of methoxy groups -OCH3 is 1. The van der Waals surface area contributed by atoms with Gasteiger partial charge >= 0.3 is 0 Å². The van der Waals surface area contributed by atoms with E-state index in [1.165, 1.54) is 7.11 Å². The molecule has 0 aliphatic rings. The van der Waals surface area contributed by atoms with Crippen molar-refractivity contribution in [2.45, 2.75) is 32.9 Å². The van der Waals surface area contributed by atoms with Gasteiger partial charge in [0.1, 0.15) is 0 Å². The highest BCUT2D eigenvalue weighted by molar-refractivity contribution is 5.96. The number of rotatable bonds is 7. The first-order valence-electron chi connectivity index (χ1n) is 9.45. The number of nitrogens with one attached hydrogen (secondary N) is 2. The van der Waals surface area contributed by atoms with Crippen LogP contribution in [-0.4, -0.2) is 29.6 Å². The number of benzene rings is 2. The molecule has 3 aromatic rings. The molecule has 0 unspecified atom stereocenters. The monoisotopic (exact) mass is 395 g/mol. The van der Waals surface area contributed by atoms with Crippen molar-refractivity contribution in [2.75, 3.05) is 7.11 Å². The molecule has 0 fully saturated rings. The molecule has 7 nitrogen and oxygen atoms in total. The summed E-state index contributed by atoms with van der Waals surface area (Å²) in [5.41, 5.74) is 6.31. The number of nitrogens with zero attached hydrogens (tertiary/aromatic N) is 1. The lowest BCUT2D eigenvalue weighted by molar-refractivity contribution is -0.122. The molecular weight excluding hydrogens is 370 g/mol. The molecular formula is C22H25N3O4. The molecule has 0 aliphatic heterocycles. The van der Waals surface area contributed by atoms with Crippen LogP contribution in [0.2, 0.25) is 0 Å². The van der Waals surface area contributed by atoms with Crippen LogP contribution < -0.4 is 20.3 Å². The van der Waals surface area contributed by atoms with Crippen LogP contribution in [0, 0.1) is 0 Å². The van der Waals surface area contributed by atoms with E-state index in [4.69, 9.17) is 9.47 Å². The number of aryl methyl sites for hydroxylation is 1. The number of aromatic nitrogens is 1. The van der Waals surface area contributed by atoms with Crippen molar-refractivity contribution in [3.63, 3.8) is 0 Å². The van der Waals surface area contributed by atoms with Crippen LogP contribution in [-0.2, 0) is 11.3 Å². The summed E-state index contributed by atoms with van der Waals surface area (Å²) in [6.45, 7) is 4.34. The van der Waals surface area contributed by atoms with E-state index in [2.05, 4.69) is 10.9 Å². The first-order chi connectivity index (χ1) is 14.0. The minimum Gasteiger partial charge on any atom is -0.493 e. The predicted octanol–water partition coefficient (Wildman–Crippen LogP) is 3.29. The van der Waals surface area contributed by atoms with Gasteiger partial charge < -0.3 is 14.0 Å². The molecule has 1 heterocycles. The summed E-state index contributed by atoms with van der Waals surface area (Å²) in [6.07, 6.45) is 2.17. The van der Waals surface area contributed by atoms with Gasteiger partial charge in [0, 0.05) is 30.2 Å². The summed E-state index contributed by atoms with van der Waals surface area (Å²) in [6, 6.07) is 14.9. The molecule has 29 heavy (non-hydrogen) atoms. The summed E-state index contributed by atoms with van der Waals surface area (Å²) >= 11 is 0. The van der Waals surface area contributed by atoms with Crippen LogP contribution in [0.1, 0.15) is 30.6 Å². The average molecular weight is 395 g/mol. The fraction of sp³-hybridized carbons (Fsp3) is 0.273. The van der Waals surface area contributed by atoms with E-state index in [1.807, 2.05) is 54.9 Å². The van der Waals surface area contributed by atoms with Crippen LogP contribution >= 0.6 is 0 Å². The van der Waals surface area contributed by atoms with Gasteiger partial charge in [0.25, 0.3) is 5.91 Å². The number of para-hydroxylation sites is 1. The zero-order chi connectivity index (χ0) is 20.8. The number of ether oxygens (including phenoxy) is 2. The van der Waals surface area contributed by atoms with E-state index in [0.29, 0.717) is 23.6 Å². The van der Waals surface area contributed by atoms with Gasteiger partial charge in [0.15, 0.2) is 11.5 Å².